The van der Waals surface area contributed by atoms with Crippen LogP contribution in [0.1, 0.15) is 65.2 Å². The molecule has 0 aromatic heterocycles. The molecule has 144 valence electrons. The Bertz CT molecular complexity index is 833. The van der Waals surface area contributed by atoms with Gasteiger partial charge in [0.25, 0.3) is 0 Å². The summed E-state index contributed by atoms with van der Waals surface area (Å²) in [6.45, 7) is 25.5. The van der Waals surface area contributed by atoms with E-state index in [4.69, 9.17) is 0 Å². The molecule has 0 aliphatic heterocycles. The molecule has 0 spiro atoms. The monoisotopic (exact) mass is 360 g/mol. The summed E-state index contributed by atoms with van der Waals surface area (Å²) in [5.41, 5.74) is 9.63. The standard InChI is InChI=1S/C27H36/c1-11-13-14-22(8)27(9,10)24-15-16-25(21(7)17-24)26(20(5)6)18-23(12-2)19(3)4/h11-18H,3,5H2,1-2,4,6-10H3/b13-11-,22-14-,23-12-,26-18+. The van der Waals surface area contributed by atoms with E-state index in [1.54, 1.807) is 0 Å². The van der Waals surface area contributed by atoms with Crippen LogP contribution in [0.4, 0.5) is 0 Å². The second-order valence-corrected chi connectivity index (χ2v) is 7.89. The molecule has 0 nitrogen and oxygen atoms in total. The Kier molecular flexibility index (Phi) is 8.03. The molecule has 0 aliphatic rings. The summed E-state index contributed by atoms with van der Waals surface area (Å²) in [5.74, 6) is 0. The average Bonchev–Trinajstić information content (AvgIpc) is 2.60. The van der Waals surface area contributed by atoms with Crippen LogP contribution in [0, 0.1) is 6.92 Å². The highest BCUT2D eigenvalue weighted by atomic mass is 14.3. The Morgan fingerprint density at radius 3 is 2.07 bits per heavy atom. The van der Waals surface area contributed by atoms with Gasteiger partial charge in [0.1, 0.15) is 0 Å². The lowest BCUT2D eigenvalue weighted by Crippen LogP contribution is -2.19. The van der Waals surface area contributed by atoms with Gasteiger partial charge in [0.2, 0.25) is 0 Å². The fourth-order valence-corrected chi connectivity index (χ4v) is 3.07. The molecule has 0 saturated heterocycles. The van der Waals surface area contributed by atoms with E-state index in [0.29, 0.717) is 0 Å². The molecule has 0 fully saturated rings. The van der Waals surface area contributed by atoms with Crippen molar-refractivity contribution in [3.05, 3.63) is 101 Å². The zero-order chi connectivity index (χ0) is 20.8. The molecule has 1 aromatic rings. The lowest BCUT2D eigenvalue weighted by atomic mass is 9.76. The van der Waals surface area contributed by atoms with Crippen molar-refractivity contribution in [2.45, 2.75) is 60.8 Å². The minimum atomic E-state index is -0.0118. The van der Waals surface area contributed by atoms with Crippen LogP contribution in [0.2, 0.25) is 0 Å². The first-order chi connectivity index (χ1) is 12.6. The molecule has 0 radical (unpaired) electrons. The van der Waals surface area contributed by atoms with E-state index in [1.165, 1.54) is 27.8 Å². The van der Waals surface area contributed by atoms with Gasteiger partial charge in [-0.3, -0.25) is 0 Å². The molecule has 0 amide bonds. The Morgan fingerprint density at radius 2 is 1.63 bits per heavy atom. The summed E-state index contributed by atoms with van der Waals surface area (Å²) < 4.78 is 0. The van der Waals surface area contributed by atoms with Gasteiger partial charge in [-0.2, -0.15) is 0 Å². The third-order valence-corrected chi connectivity index (χ3v) is 5.33. The average molecular weight is 361 g/mol. The van der Waals surface area contributed by atoms with E-state index < -0.39 is 0 Å². The number of aryl methyl sites for hydroxylation is 1. The lowest BCUT2D eigenvalue weighted by molar-refractivity contribution is 0.623. The molecule has 0 aliphatic carbocycles. The molecule has 0 heteroatoms. The molecular formula is C27H36. The molecule has 0 heterocycles. The fraction of sp³-hybridized carbons (Fsp3) is 0.333. The van der Waals surface area contributed by atoms with Crippen LogP contribution in [-0.4, -0.2) is 0 Å². The van der Waals surface area contributed by atoms with Crippen molar-refractivity contribution >= 4 is 5.57 Å². The Balaban J connectivity index is 3.48. The van der Waals surface area contributed by atoms with Crippen LogP contribution >= 0.6 is 0 Å². The predicted octanol–water partition coefficient (Wildman–Crippen LogP) is 8.28. The summed E-state index contributed by atoms with van der Waals surface area (Å²) in [6.07, 6.45) is 10.7. The van der Waals surface area contributed by atoms with E-state index >= 15 is 0 Å². The summed E-state index contributed by atoms with van der Waals surface area (Å²) >= 11 is 0. The van der Waals surface area contributed by atoms with Gasteiger partial charge in [-0.1, -0.05) is 86.2 Å². The van der Waals surface area contributed by atoms with Gasteiger partial charge in [0.05, 0.1) is 0 Å². The van der Waals surface area contributed by atoms with E-state index in [2.05, 4.69) is 103 Å². The largest absolute Gasteiger partial charge is 0.0955 e. The van der Waals surface area contributed by atoms with Gasteiger partial charge in [0, 0.05) is 5.41 Å². The zero-order valence-corrected chi connectivity index (χ0v) is 18.5. The van der Waals surface area contributed by atoms with Gasteiger partial charge in [-0.15, -0.1) is 0 Å². The van der Waals surface area contributed by atoms with Crippen LogP contribution in [0.3, 0.4) is 0 Å². The van der Waals surface area contributed by atoms with Crippen molar-refractivity contribution in [1.82, 2.24) is 0 Å². The normalized spacial score (nSPS) is 14.0. The van der Waals surface area contributed by atoms with E-state index in [9.17, 15) is 0 Å². The van der Waals surface area contributed by atoms with Crippen molar-refractivity contribution in [3.63, 3.8) is 0 Å². The number of rotatable bonds is 7. The smallest absolute Gasteiger partial charge is 0.0105 e. The summed E-state index contributed by atoms with van der Waals surface area (Å²) in [7, 11) is 0. The summed E-state index contributed by atoms with van der Waals surface area (Å²) in [5, 5.41) is 0. The molecule has 0 bridgehead atoms. The molecule has 1 rings (SSSR count). The molecule has 0 saturated carbocycles. The van der Waals surface area contributed by atoms with E-state index in [0.717, 1.165) is 16.7 Å². The zero-order valence-electron chi connectivity index (χ0n) is 18.5. The fourth-order valence-electron chi connectivity index (χ4n) is 3.07. The predicted molar refractivity (Wildman–Crippen MR) is 124 cm³/mol. The first-order valence-corrected chi connectivity index (χ1v) is 9.67. The van der Waals surface area contributed by atoms with Gasteiger partial charge >= 0.3 is 0 Å². The second-order valence-electron chi connectivity index (χ2n) is 7.89. The topological polar surface area (TPSA) is 0 Å². The lowest BCUT2D eigenvalue weighted by Gasteiger charge is -2.28. The highest BCUT2D eigenvalue weighted by Crippen LogP contribution is 2.35. The number of hydrogen-bond donors (Lipinski definition) is 0. The Labute approximate surface area is 167 Å². The maximum atomic E-state index is 4.21. The van der Waals surface area contributed by atoms with Crippen molar-refractivity contribution in [2.24, 2.45) is 0 Å². The molecule has 27 heavy (non-hydrogen) atoms. The SMILES string of the molecule is C=C(C)C(=C\C)/C=C(\C(=C)C)c1ccc(C(C)(C)/C(C)=C\C=C/C)cc1C. The van der Waals surface area contributed by atoms with Crippen molar-refractivity contribution in [1.29, 1.82) is 0 Å². The Hall–Kier alpha value is -2.34. The molecule has 0 unspecified atom stereocenters. The van der Waals surface area contributed by atoms with Crippen LogP contribution in [0.25, 0.3) is 5.57 Å². The summed E-state index contributed by atoms with van der Waals surface area (Å²) in [4.78, 5) is 0. The van der Waals surface area contributed by atoms with Crippen LogP contribution < -0.4 is 0 Å². The maximum absolute atomic E-state index is 4.21. The number of allylic oxidation sites excluding steroid dienone is 10. The van der Waals surface area contributed by atoms with Crippen LogP contribution in [0.5, 0.6) is 0 Å². The quantitative estimate of drug-likeness (QED) is 0.429. The van der Waals surface area contributed by atoms with E-state index in [1.807, 2.05) is 13.8 Å². The molecule has 0 atom stereocenters. The third kappa shape index (κ3) is 5.57. The first-order valence-electron chi connectivity index (χ1n) is 9.67. The van der Waals surface area contributed by atoms with Crippen LogP contribution in [-0.2, 0) is 5.41 Å². The van der Waals surface area contributed by atoms with Crippen LogP contribution in [0.15, 0.2) is 84.0 Å². The van der Waals surface area contributed by atoms with Crippen molar-refractivity contribution < 1.29 is 0 Å². The third-order valence-electron chi connectivity index (χ3n) is 5.33. The molecule has 0 N–H and O–H groups in total. The van der Waals surface area contributed by atoms with Crippen molar-refractivity contribution in [2.75, 3.05) is 0 Å². The van der Waals surface area contributed by atoms with E-state index in [-0.39, 0.29) is 5.41 Å². The second kappa shape index (κ2) is 9.55. The molecule has 1 aromatic carbocycles. The maximum Gasteiger partial charge on any atom is 0.0105 e. The number of hydrogen-bond acceptors (Lipinski definition) is 0. The minimum Gasteiger partial charge on any atom is -0.0955 e. The number of benzene rings is 1. The highest BCUT2D eigenvalue weighted by molar-refractivity contribution is 5.82. The summed E-state index contributed by atoms with van der Waals surface area (Å²) in [6, 6.07) is 6.80. The molecular weight excluding hydrogens is 324 g/mol. The van der Waals surface area contributed by atoms with Gasteiger partial charge in [-0.25, -0.2) is 0 Å². The van der Waals surface area contributed by atoms with Gasteiger partial charge in [-0.05, 0) is 75.5 Å². The minimum absolute atomic E-state index is 0.0118. The van der Waals surface area contributed by atoms with Crippen molar-refractivity contribution in [3.8, 4) is 0 Å². The first kappa shape index (κ1) is 22.7. The highest BCUT2D eigenvalue weighted by Gasteiger charge is 2.23. The van der Waals surface area contributed by atoms with Gasteiger partial charge < -0.3 is 0 Å². The Morgan fingerprint density at radius 1 is 1.00 bits per heavy atom. The van der Waals surface area contributed by atoms with Gasteiger partial charge in [0.15, 0.2) is 0 Å².